The highest BCUT2D eigenvalue weighted by Crippen LogP contribution is 1.75. The second kappa shape index (κ2) is 6.40. The smallest absolute Gasteiger partial charge is 0.211 e. The van der Waals surface area contributed by atoms with Crippen LogP contribution in [0.2, 0.25) is 0 Å². The van der Waals surface area contributed by atoms with Gasteiger partial charge >= 0.3 is 0 Å². The van der Waals surface area contributed by atoms with E-state index in [0.29, 0.717) is 5.71 Å². The standard InChI is InChI=1S/C6H14N8/c1-4(12-13-5(7)8)3-11-14-6(9)10-2/h3H,1-2H3,(H4,7,8,13)(H3,9,10,14)/b11-3+,12-4+. The molecule has 0 unspecified atom stereocenters. The van der Waals surface area contributed by atoms with E-state index in [4.69, 9.17) is 17.2 Å². The fourth-order valence-electron chi connectivity index (χ4n) is 0.404. The molecule has 0 bridgehead atoms. The Morgan fingerprint density at radius 2 is 1.86 bits per heavy atom. The van der Waals surface area contributed by atoms with Crippen molar-refractivity contribution < 1.29 is 0 Å². The molecule has 0 aliphatic rings. The zero-order valence-electron chi connectivity index (χ0n) is 8.10. The van der Waals surface area contributed by atoms with Gasteiger partial charge in [-0.1, -0.05) is 0 Å². The van der Waals surface area contributed by atoms with Crippen LogP contribution in [0.15, 0.2) is 20.3 Å². The molecule has 0 radical (unpaired) electrons. The largest absolute Gasteiger partial charge is 0.369 e. The van der Waals surface area contributed by atoms with Gasteiger partial charge in [0.15, 0.2) is 0 Å². The van der Waals surface area contributed by atoms with Crippen LogP contribution in [-0.2, 0) is 0 Å². The number of rotatable bonds is 3. The van der Waals surface area contributed by atoms with Crippen molar-refractivity contribution in [3.8, 4) is 0 Å². The van der Waals surface area contributed by atoms with E-state index in [1.54, 1.807) is 6.92 Å². The second-order valence-corrected chi connectivity index (χ2v) is 2.25. The molecule has 0 fully saturated rings. The van der Waals surface area contributed by atoms with Crippen LogP contribution >= 0.6 is 0 Å². The van der Waals surface area contributed by atoms with Crippen LogP contribution < -0.4 is 22.6 Å². The van der Waals surface area contributed by atoms with E-state index in [0.717, 1.165) is 0 Å². The average molecular weight is 198 g/mol. The van der Waals surface area contributed by atoms with Crippen LogP contribution in [0.1, 0.15) is 6.92 Å². The van der Waals surface area contributed by atoms with Gasteiger partial charge in [0.05, 0.1) is 11.9 Å². The van der Waals surface area contributed by atoms with Crippen LogP contribution in [0.3, 0.4) is 0 Å². The lowest BCUT2D eigenvalue weighted by Crippen LogP contribution is -2.27. The second-order valence-electron chi connectivity index (χ2n) is 2.25. The van der Waals surface area contributed by atoms with Crippen molar-refractivity contribution in [3.05, 3.63) is 0 Å². The van der Waals surface area contributed by atoms with Crippen LogP contribution in [0.25, 0.3) is 0 Å². The summed E-state index contributed by atoms with van der Waals surface area (Å²) in [6.45, 7) is 1.68. The Bertz CT molecular complexity index is 282. The van der Waals surface area contributed by atoms with E-state index in [-0.39, 0.29) is 11.9 Å². The van der Waals surface area contributed by atoms with Gasteiger partial charge < -0.3 is 17.2 Å². The van der Waals surface area contributed by atoms with Gasteiger partial charge in [-0.2, -0.15) is 10.2 Å². The van der Waals surface area contributed by atoms with Gasteiger partial charge in [0.25, 0.3) is 0 Å². The molecule has 0 aliphatic carbocycles. The molecule has 0 saturated carbocycles. The fourth-order valence-corrected chi connectivity index (χ4v) is 0.404. The molecule has 0 aromatic rings. The molecule has 7 N–H and O–H groups in total. The summed E-state index contributed by atoms with van der Waals surface area (Å²) in [6, 6.07) is 0. The first-order valence-corrected chi connectivity index (χ1v) is 3.70. The predicted molar refractivity (Wildman–Crippen MR) is 58.1 cm³/mol. The number of hydrogen-bond acceptors (Lipinski definition) is 4. The van der Waals surface area contributed by atoms with Crippen molar-refractivity contribution >= 4 is 23.8 Å². The van der Waals surface area contributed by atoms with Crippen molar-refractivity contribution in [1.29, 1.82) is 0 Å². The van der Waals surface area contributed by atoms with E-state index in [9.17, 15) is 0 Å². The summed E-state index contributed by atoms with van der Waals surface area (Å²) in [6.07, 6.45) is 1.41. The highest BCUT2D eigenvalue weighted by atomic mass is 15.3. The molecular formula is C6H14N8. The summed E-state index contributed by atoms with van der Waals surface area (Å²) >= 11 is 0. The Hall–Kier alpha value is -2.12. The van der Waals surface area contributed by atoms with Crippen molar-refractivity contribution in [2.75, 3.05) is 7.05 Å². The zero-order chi connectivity index (χ0) is 11.0. The molecule has 0 aromatic heterocycles. The zero-order valence-corrected chi connectivity index (χ0v) is 8.10. The molecule has 0 spiro atoms. The Labute approximate surface area is 81.7 Å². The maximum absolute atomic E-state index is 5.30. The topological polar surface area (TPSA) is 140 Å². The summed E-state index contributed by atoms with van der Waals surface area (Å²) in [5.74, 6) is 0.0937. The van der Waals surface area contributed by atoms with Crippen LogP contribution in [0, 0.1) is 0 Å². The fraction of sp³-hybridized carbons (Fsp3) is 0.333. The van der Waals surface area contributed by atoms with E-state index in [2.05, 4.69) is 25.7 Å². The number of hydrogen-bond donors (Lipinski definition) is 4. The van der Waals surface area contributed by atoms with Gasteiger partial charge in [0.1, 0.15) is 0 Å². The monoisotopic (exact) mass is 198 g/mol. The van der Waals surface area contributed by atoms with Gasteiger partial charge in [-0.25, -0.2) is 5.43 Å². The van der Waals surface area contributed by atoms with Gasteiger partial charge in [-0.15, -0.1) is 5.10 Å². The molecule has 8 heteroatoms. The van der Waals surface area contributed by atoms with Gasteiger partial charge in [0.2, 0.25) is 11.9 Å². The maximum Gasteiger partial charge on any atom is 0.211 e. The molecule has 0 saturated heterocycles. The minimum absolute atomic E-state index is 0.111. The highest BCUT2D eigenvalue weighted by Gasteiger charge is 1.85. The lowest BCUT2D eigenvalue weighted by Gasteiger charge is -1.94. The molecule has 0 rings (SSSR count). The highest BCUT2D eigenvalue weighted by molar-refractivity contribution is 6.29. The van der Waals surface area contributed by atoms with E-state index in [1.807, 2.05) is 0 Å². The minimum atomic E-state index is -0.111. The number of nitrogens with one attached hydrogen (secondary N) is 1. The molecule has 0 atom stereocenters. The quantitative estimate of drug-likeness (QED) is 0.240. The Morgan fingerprint density at radius 1 is 1.21 bits per heavy atom. The number of guanidine groups is 2. The van der Waals surface area contributed by atoms with Gasteiger partial charge in [0, 0.05) is 7.05 Å². The summed E-state index contributed by atoms with van der Waals surface area (Å²) < 4.78 is 0. The molecule has 0 aliphatic heterocycles. The third kappa shape index (κ3) is 6.58. The Morgan fingerprint density at radius 3 is 2.36 bits per heavy atom. The SMILES string of the molecule is CN=C(N)N/N=C/C(C)=N/N=C(N)N. The van der Waals surface area contributed by atoms with Gasteiger partial charge in [-0.3, -0.25) is 4.99 Å². The molecule has 14 heavy (non-hydrogen) atoms. The lowest BCUT2D eigenvalue weighted by atomic mass is 10.5. The molecule has 8 nitrogen and oxygen atoms in total. The average Bonchev–Trinajstić information content (AvgIpc) is 2.14. The van der Waals surface area contributed by atoms with Gasteiger partial charge in [-0.05, 0) is 6.92 Å². The third-order valence-corrected chi connectivity index (χ3v) is 0.995. The molecular weight excluding hydrogens is 184 g/mol. The predicted octanol–water partition coefficient (Wildman–Crippen LogP) is -1.84. The lowest BCUT2D eigenvalue weighted by molar-refractivity contribution is 1.01. The normalized spacial score (nSPS) is 13.0. The number of hydrazone groups is 1. The number of aliphatic imine (C=N–C) groups is 1. The molecule has 0 heterocycles. The maximum atomic E-state index is 5.30. The summed E-state index contributed by atoms with van der Waals surface area (Å²) in [7, 11) is 1.54. The van der Waals surface area contributed by atoms with E-state index < -0.39 is 0 Å². The first-order valence-electron chi connectivity index (χ1n) is 3.70. The summed E-state index contributed by atoms with van der Waals surface area (Å²) in [5.41, 5.74) is 18.4. The third-order valence-electron chi connectivity index (χ3n) is 0.995. The Balaban J connectivity index is 4.12. The summed E-state index contributed by atoms with van der Waals surface area (Å²) in [5, 5.41) is 10.8. The van der Waals surface area contributed by atoms with Crippen LogP contribution in [0.4, 0.5) is 0 Å². The summed E-state index contributed by atoms with van der Waals surface area (Å²) in [4.78, 5) is 3.62. The molecule has 0 amide bonds. The number of nitrogens with two attached hydrogens (primary N) is 3. The van der Waals surface area contributed by atoms with Crippen molar-refractivity contribution in [3.63, 3.8) is 0 Å². The van der Waals surface area contributed by atoms with Crippen molar-refractivity contribution in [2.45, 2.75) is 6.92 Å². The van der Waals surface area contributed by atoms with Crippen LogP contribution in [-0.4, -0.2) is 30.9 Å². The van der Waals surface area contributed by atoms with Crippen molar-refractivity contribution in [2.24, 2.45) is 37.5 Å². The molecule has 0 aromatic carbocycles. The minimum Gasteiger partial charge on any atom is -0.369 e. The van der Waals surface area contributed by atoms with Crippen molar-refractivity contribution in [1.82, 2.24) is 5.43 Å². The van der Waals surface area contributed by atoms with E-state index >= 15 is 0 Å². The molecule has 78 valence electrons. The van der Waals surface area contributed by atoms with E-state index in [1.165, 1.54) is 13.3 Å². The first-order chi connectivity index (χ1) is 6.56. The van der Waals surface area contributed by atoms with Crippen LogP contribution in [0.5, 0.6) is 0 Å². The number of nitrogens with zero attached hydrogens (tertiary/aromatic N) is 4. The Kier molecular flexibility index (Phi) is 5.43. The first kappa shape index (κ1) is 11.9.